The average molecular weight is 229 g/mol. The van der Waals surface area contributed by atoms with Gasteiger partial charge in [0.1, 0.15) is 0 Å². The zero-order valence-corrected chi connectivity index (χ0v) is 10.2. The van der Waals surface area contributed by atoms with Crippen molar-refractivity contribution < 1.29 is 9.94 Å². The second kappa shape index (κ2) is 6.06. The summed E-state index contributed by atoms with van der Waals surface area (Å²) in [4.78, 5) is 0. The van der Waals surface area contributed by atoms with Crippen LogP contribution in [-0.4, -0.2) is 36.8 Å². The molecule has 0 amide bonds. The zero-order chi connectivity index (χ0) is 12.0. The summed E-state index contributed by atoms with van der Waals surface area (Å²) < 4.78 is 5.35. The molecule has 5 heteroatoms. The first-order chi connectivity index (χ1) is 7.61. The van der Waals surface area contributed by atoms with Gasteiger partial charge in [-0.1, -0.05) is 19.0 Å². The van der Waals surface area contributed by atoms with Crippen LogP contribution >= 0.6 is 0 Å². The van der Waals surface area contributed by atoms with Crippen molar-refractivity contribution in [2.75, 3.05) is 19.8 Å². The molecule has 0 aromatic rings. The number of hydrogen-bond donors (Lipinski definition) is 3. The van der Waals surface area contributed by atoms with Gasteiger partial charge in [0.15, 0.2) is 5.84 Å². The SMILES string of the molecule is CCC(NCC1(C)CCOCC1)C(N)=NO. The van der Waals surface area contributed by atoms with Crippen LogP contribution in [-0.2, 0) is 4.74 Å². The van der Waals surface area contributed by atoms with Crippen molar-refractivity contribution in [1.82, 2.24) is 5.32 Å². The van der Waals surface area contributed by atoms with Crippen molar-refractivity contribution in [3.05, 3.63) is 0 Å². The molecule has 0 aromatic carbocycles. The molecule has 0 aromatic heterocycles. The van der Waals surface area contributed by atoms with Crippen LogP contribution < -0.4 is 11.1 Å². The molecular weight excluding hydrogens is 206 g/mol. The highest BCUT2D eigenvalue weighted by Crippen LogP contribution is 2.28. The van der Waals surface area contributed by atoms with Gasteiger partial charge in [0.2, 0.25) is 0 Å². The van der Waals surface area contributed by atoms with Crippen LogP contribution in [0.4, 0.5) is 0 Å². The predicted octanol–water partition coefficient (Wildman–Crippen LogP) is 0.918. The second-order valence-electron chi connectivity index (χ2n) is 4.79. The first-order valence-electron chi connectivity index (χ1n) is 5.90. The maximum atomic E-state index is 8.64. The number of nitrogens with zero attached hydrogens (tertiary/aromatic N) is 1. The number of oxime groups is 1. The summed E-state index contributed by atoms with van der Waals surface area (Å²) in [5, 5.41) is 15.1. The molecule has 94 valence electrons. The van der Waals surface area contributed by atoms with Gasteiger partial charge >= 0.3 is 0 Å². The van der Waals surface area contributed by atoms with E-state index in [9.17, 15) is 0 Å². The van der Waals surface area contributed by atoms with E-state index in [2.05, 4.69) is 17.4 Å². The van der Waals surface area contributed by atoms with Crippen molar-refractivity contribution in [3.63, 3.8) is 0 Å². The maximum absolute atomic E-state index is 8.64. The van der Waals surface area contributed by atoms with Gasteiger partial charge in [-0.15, -0.1) is 0 Å². The van der Waals surface area contributed by atoms with Gasteiger partial charge in [0.05, 0.1) is 6.04 Å². The highest BCUT2D eigenvalue weighted by molar-refractivity contribution is 5.85. The number of nitrogens with two attached hydrogens (primary N) is 1. The molecule has 0 saturated carbocycles. The third-order valence-electron chi connectivity index (χ3n) is 3.36. The van der Waals surface area contributed by atoms with E-state index >= 15 is 0 Å². The van der Waals surface area contributed by atoms with Crippen LogP contribution in [0.1, 0.15) is 33.1 Å². The molecule has 1 fully saturated rings. The Kier molecular flexibility index (Phi) is 5.02. The smallest absolute Gasteiger partial charge is 0.156 e. The molecular formula is C11H23N3O2. The van der Waals surface area contributed by atoms with Crippen LogP contribution in [0.2, 0.25) is 0 Å². The second-order valence-corrected chi connectivity index (χ2v) is 4.79. The first kappa shape index (κ1) is 13.3. The summed E-state index contributed by atoms with van der Waals surface area (Å²) in [5.74, 6) is 0.262. The van der Waals surface area contributed by atoms with Crippen molar-refractivity contribution in [1.29, 1.82) is 0 Å². The van der Waals surface area contributed by atoms with E-state index in [0.29, 0.717) is 0 Å². The summed E-state index contributed by atoms with van der Waals surface area (Å²) >= 11 is 0. The summed E-state index contributed by atoms with van der Waals surface area (Å²) in [5.41, 5.74) is 5.86. The summed E-state index contributed by atoms with van der Waals surface area (Å²) in [6.45, 7) is 6.81. The van der Waals surface area contributed by atoms with E-state index in [1.807, 2.05) is 6.92 Å². The van der Waals surface area contributed by atoms with Crippen LogP contribution in [0.15, 0.2) is 5.16 Å². The molecule has 0 aliphatic carbocycles. The molecule has 1 rings (SSSR count). The highest BCUT2D eigenvalue weighted by atomic mass is 16.5. The van der Waals surface area contributed by atoms with E-state index in [1.165, 1.54) is 0 Å². The molecule has 1 unspecified atom stereocenters. The van der Waals surface area contributed by atoms with Crippen molar-refractivity contribution >= 4 is 5.84 Å². The first-order valence-corrected chi connectivity index (χ1v) is 5.90. The Morgan fingerprint density at radius 2 is 2.19 bits per heavy atom. The molecule has 1 heterocycles. The molecule has 0 radical (unpaired) electrons. The van der Waals surface area contributed by atoms with Crippen molar-refractivity contribution in [2.45, 2.75) is 39.2 Å². The summed E-state index contributed by atoms with van der Waals surface area (Å²) in [6.07, 6.45) is 2.95. The van der Waals surface area contributed by atoms with E-state index in [0.717, 1.165) is 39.0 Å². The fraction of sp³-hybridized carbons (Fsp3) is 0.909. The lowest BCUT2D eigenvalue weighted by atomic mass is 9.82. The molecule has 16 heavy (non-hydrogen) atoms. The van der Waals surface area contributed by atoms with E-state index in [4.69, 9.17) is 15.7 Å². The topological polar surface area (TPSA) is 79.9 Å². The van der Waals surface area contributed by atoms with Crippen molar-refractivity contribution in [2.24, 2.45) is 16.3 Å². The third-order valence-corrected chi connectivity index (χ3v) is 3.36. The molecule has 4 N–H and O–H groups in total. The standard InChI is InChI=1S/C11H23N3O2/c1-3-9(10(12)14-15)13-8-11(2)4-6-16-7-5-11/h9,13,15H,3-8H2,1-2H3,(H2,12,14). The Morgan fingerprint density at radius 1 is 1.56 bits per heavy atom. The molecule has 1 saturated heterocycles. The van der Waals surface area contributed by atoms with Crippen LogP contribution in [0.25, 0.3) is 0 Å². The predicted molar refractivity (Wildman–Crippen MR) is 63.7 cm³/mol. The molecule has 1 atom stereocenters. The Labute approximate surface area is 97.0 Å². The van der Waals surface area contributed by atoms with Crippen LogP contribution in [0, 0.1) is 5.41 Å². The Bertz CT molecular complexity index is 237. The number of amidine groups is 1. The minimum atomic E-state index is -0.0373. The zero-order valence-electron chi connectivity index (χ0n) is 10.2. The van der Waals surface area contributed by atoms with E-state index < -0.39 is 0 Å². The van der Waals surface area contributed by atoms with Gasteiger partial charge in [-0.05, 0) is 24.7 Å². The van der Waals surface area contributed by atoms with E-state index in [1.54, 1.807) is 0 Å². The van der Waals surface area contributed by atoms with Gasteiger partial charge in [-0.2, -0.15) is 0 Å². The number of ether oxygens (including phenoxy) is 1. The van der Waals surface area contributed by atoms with Gasteiger partial charge in [0, 0.05) is 19.8 Å². The van der Waals surface area contributed by atoms with Gasteiger partial charge in [-0.25, -0.2) is 0 Å². The minimum absolute atomic E-state index is 0.0373. The monoisotopic (exact) mass is 229 g/mol. The maximum Gasteiger partial charge on any atom is 0.156 e. The average Bonchev–Trinajstić information content (AvgIpc) is 2.30. The van der Waals surface area contributed by atoms with Crippen LogP contribution in [0.5, 0.6) is 0 Å². The van der Waals surface area contributed by atoms with Crippen LogP contribution in [0.3, 0.4) is 0 Å². The lowest BCUT2D eigenvalue weighted by Crippen LogP contribution is -2.46. The van der Waals surface area contributed by atoms with Gasteiger partial charge in [-0.3, -0.25) is 0 Å². The fourth-order valence-corrected chi connectivity index (χ4v) is 1.94. The lowest BCUT2D eigenvalue weighted by molar-refractivity contribution is 0.0236. The Morgan fingerprint density at radius 3 is 2.69 bits per heavy atom. The Balaban J connectivity index is 2.42. The van der Waals surface area contributed by atoms with Gasteiger partial charge in [0.25, 0.3) is 0 Å². The Hall–Kier alpha value is -0.810. The molecule has 1 aliphatic heterocycles. The van der Waals surface area contributed by atoms with Gasteiger partial charge < -0.3 is 21.0 Å². The summed E-state index contributed by atoms with van der Waals surface area (Å²) in [7, 11) is 0. The molecule has 1 aliphatic rings. The number of nitrogens with one attached hydrogen (secondary N) is 1. The number of hydrogen-bond acceptors (Lipinski definition) is 4. The largest absolute Gasteiger partial charge is 0.409 e. The minimum Gasteiger partial charge on any atom is -0.409 e. The normalized spacial score (nSPS) is 23.0. The lowest BCUT2D eigenvalue weighted by Gasteiger charge is -2.35. The number of rotatable bonds is 5. The summed E-state index contributed by atoms with van der Waals surface area (Å²) in [6, 6.07) is -0.0373. The highest BCUT2D eigenvalue weighted by Gasteiger charge is 2.28. The quantitative estimate of drug-likeness (QED) is 0.283. The molecule has 0 spiro atoms. The fourth-order valence-electron chi connectivity index (χ4n) is 1.94. The van der Waals surface area contributed by atoms with Crippen molar-refractivity contribution in [3.8, 4) is 0 Å². The molecule has 0 bridgehead atoms. The third kappa shape index (κ3) is 3.64. The van der Waals surface area contributed by atoms with E-state index in [-0.39, 0.29) is 17.3 Å². The molecule has 5 nitrogen and oxygen atoms in total.